The number of hydrogen-bond acceptors (Lipinski definition) is 3. The van der Waals surface area contributed by atoms with Crippen LogP contribution in [0, 0.1) is 13.8 Å². The Morgan fingerprint density at radius 3 is 2.35 bits per heavy atom. The fraction of sp³-hybridized carbons (Fsp3) is 0.235. The molecule has 0 aromatic heterocycles. The van der Waals surface area contributed by atoms with Gasteiger partial charge < -0.3 is 5.11 Å². The molecule has 2 aromatic rings. The van der Waals surface area contributed by atoms with Crippen LogP contribution in [-0.2, 0) is 16.6 Å². The predicted octanol–water partition coefficient (Wildman–Crippen LogP) is 2.97. The van der Waals surface area contributed by atoms with Crippen LogP contribution in [0.4, 0.5) is 5.69 Å². The normalized spacial score (nSPS) is 11.3. The summed E-state index contributed by atoms with van der Waals surface area (Å²) in [4.78, 5) is 11.1. The molecule has 0 aliphatic heterocycles. The van der Waals surface area contributed by atoms with Crippen molar-refractivity contribution in [3.05, 3.63) is 64.7 Å². The van der Waals surface area contributed by atoms with E-state index in [1.54, 1.807) is 18.2 Å². The van der Waals surface area contributed by atoms with Gasteiger partial charge in [-0.1, -0.05) is 18.2 Å². The second-order valence-corrected chi connectivity index (χ2v) is 7.45. The Bertz CT molecular complexity index is 843. The highest BCUT2D eigenvalue weighted by atomic mass is 32.2. The molecule has 0 aliphatic carbocycles. The molecule has 0 saturated heterocycles. The van der Waals surface area contributed by atoms with Crippen molar-refractivity contribution in [1.82, 2.24) is 0 Å². The minimum atomic E-state index is -3.49. The van der Waals surface area contributed by atoms with Gasteiger partial charge in [-0.05, 0) is 54.8 Å². The second kappa shape index (κ2) is 6.42. The maximum absolute atomic E-state index is 12.2. The minimum Gasteiger partial charge on any atom is -0.478 e. The van der Waals surface area contributed by atoms with Crippen LogP contribution in [0.25, 0.3) is 0 Å². The zero-order valence-electron chi connectivity index (χ0n) is 13.3. The van der Waals surface area contributed by atoms with E-state index >= 15 is 0 Å². The molecule has 0 spiro atoms. The third-order valence-corrected chi connectivity index (χ3v) is 4.82. The van der Waals surface area contributed by atoms with Gasteiger partial charge in [0.05, 0.1) is 24.1 Å². The third-order valence-electron chi connectivity index (χ3n) is 3.68. The number of anilines is 1. The van der Waals surface area contributed by atoms with Crippen molar-refractivity contribution < 1.29 is 18.3 Å². The lowest BCUT2D eigenvalue weighted by molar-refractivity contribution is 0.0696. The Morgan fingerprint density at radius 1 is 1.09 bits per heavy atom. The average Bonchev–Trinajstić information content (AvgIpc) is 2.47. The molecule has 2 aromatic carbocycles. The number of rotatable bonds is 5. The van der Waals surface area contributed by atoms with Crippen molar-refractivity contribution in [2.24, 2.45) is 0 Å². The highest BCUT2D eigenvalue weighted by molar-refractivity contribution is 7.92. The van der Waals surface area contributed by atoms with Crippen LogP contribution in [0.1, 0.15) is 27.0 Å². The summed E-state index contributed by atoms with van der Waals surface area (Å²) in [7, 11) is -3.49. The summed E-state index contributed by atoms with van der Waals surface area (Å²) in [6, 6.07) is 11.7. The maximum Gasteiger partial charge on any atom is 0.335 e. The minimum absolute atomic E-state index is 0.0858. The number of carbonyl (C=O) groups is 1. The number of carboxylic acid groups (broad SMARTS) is 1. The van der Waals surface area contributed by atoms with Gasteiger partial charge in [0.2, 0.25) is 10.0 Å². The lowest BCUT2D eigenvalue weighted by Crippen LogP contribution is -2.29. The van der Waals surface area contributed by atoms with Crippen LogP contribution in [0.3, 0.4) is 0 Å². The Balaban J connectivity index is 2.43. The van der Waals surface area contributed by atoms with Crippen LogP contribution in [0.2, 0.25) is 0 Å². The molecule has 0 amide bonds. The monoisotopic (exact) mass is 333 g/mol. The topological polar surface area (TPSA) is 74.7 Å². The van der Waals surface area contributed by atoms with Gasteiger partial charge in [0, 0.05) is 0 Å². The molecule has 0 radical (unpaired) electrons. The molecule has 5 nitrogen and oxygen atoms in total. The van der Waals surface area contributed by atoms with E-state index in [0.717, 1.165) is 17.4 Å². The first kappa shape index (κ1) is 17.0. The molecule has 0 atom stereocenters. The van der Waals surface area contributed by atoms with Crippen molar-refractivity contribution in [1.29, 1.82) is 0 Å². The molecule has 122 valence electrons. The van der Waals surface area contributed by atoms with Crippen molar-refractivity contribution in [2.75, 3.05) is 10.6 Å². The zero-order valence-corrected chi connectivity index (χ0v) is 14.1. The second-order valence-electron chi connectivity index (χ2n) is 5.54. The molecule has 2 rings (SSSR count). The lowest BCUT2D eigenvalue weighted by atomic mass is 10.1. The highest BCUT2D eigenvalue weighted by Crippen LogP contribution is 2.23. The third kappa shape index (κ3) is 4.10. The van der Waals surface area contributed by atoms with Gasteiger partial charge in [0.1, 0.15) is 0 Å². The van der Waals surface area contributed by atoms with Gasteiger partial charge >= 0.3 is 5.97 Å². The molecule has 0 saturated carbocycles. The van der Waals surface area contributed by atoms with Gasteiger partial charge in [-0.3, -0.25) is 4.31 Å². The predicted molar refractivity (Wildman–Crippen MR) is 90.3 cm³/mol. The van der Waals surface area contributed by atoms with Crippen LogP contribution in [0.5, 0.6) is 0 Å². The van der Waals surface area contributed by atoms with Gasteiger partial charge in [-0.15, -0.1) is 0 Å². The summed E-state index contributed by atoms with van der Waals surface area (Å²) in [5.41, 5.74) is 3.39. The highest BCUT2D eigenvalue weighted by Gasteiger charge is 2.19. The number of nitrogens with zero attached hydrogens (tertiary/aromatic N) is 1. The first-order chi connectivity index (χ1) is 10.7. The van der Waals surface area contributed by atoms with E-state index in [2.05, 4.69) is 0 Å². The van der Waals surface area contributed by atoms with Gasteiger partial charge in [0.15, 0.2) is 0 Å². The van der Waals surface area contributed by atoms with Gasteiger partial charge in [-0.2, -0.15) is 0 Å². The zero-order chi connectivity index (χ0) is 17.2. The van der Waals surface area contributed by atoms with E-state index in [-0.39, 0.29) is 12.1 Å². The van der Waals surface area contributed by atoms with Gasteiger partial charge in [-0.25, -0.2) is 13.2 Å². The molecular weight excluding hydrogens is 314 g/mol. The van der Waals surface area contributed by atoms with E-state index < -0.39 is 16.0 Å². The maximum atomic E-state index is 12.2. The Labute approximate surface area is 136 Å². The number of carboxylic acids is 1. The fourth-order valence-electron chi connectivity index (χ4n) is 2.25. The Morgan fingerprint density at radius 2 is 1.78 bits per heavy atom. The summed E-state index contributed by atoms with van der Waals surface area (Å²) in [5.74, 6) is -1.04. The molecule has 23 heavy (non-hydrogen) atoms. The standard InChI is InChI=1S/C17H19NO4S/c1-12-7-8-16(9-13(12)2)18(23(3,21)22)11-14-5-4-6-15(10-14)17(19)20/h4-10H,11H2,1-3H3,(H,19,20). The SMILES string of the molecule is Cc1ccc(N(Cc2cccc(C(=O)O)c2)S(C)(=O)=O)cc1C. The first-order valence-electron chi connectivity index (χ1n) is 7.05. The van der Waals surface area contributed by atoms with Crippen LogP contribution in [-0.4, -0.2) is 25.7 Å². The van der Waals surface area contributed by atoms with E-state index in [9.17, 15) is 13.2 Å². The number of sulfonamides is 1. The van der Waals surface area contributed by atoms with Crippen LogP contribution in [0.15, 0.2) is 42.5 Å². The number of benzene rings is 2. The molecule has 1 N–H and O–H groups in total. The van der Waals surface area contributed by atoms with Crippen LogP contribution >= 0.6 is 0 Å². The number of hydrogen-bond donors (Lipinski definition) is 1. The van der Waals surface area contributed by atoms with Crippen LogP contribution < -0.4 is 4.31 Å². The molecule has 0 unspecified atom stereocenters. The lowest BCUT2D eigenvalue weighted by Gasteiger charge is -2.23. The quantitative estimate of drug-likeness (QED) is 0.913. The van der Waals surface area contributed by atoms with Crippen molar-refractivity contribution in [2.45, 2.75) is 20.4 Å². The molecule has 0 heterocycles. The number of aryl methyl sites for hydroxylation is 2. The van der Waals surface area contributed by atoms with E-state index in [4.69, 9.17) is 5.11 Å². The van der Waals surface area contributed by atoms with E-state index in [1.165, 1.54) is 16.4 Å². The van der Waals surface area contributed by atoms with Crippen molar-refractivity contribution in [3.63, 3.8) is 0 Å². The fourth-order valence-corrected chi connectivity index (χ4v) is 3.13. The average molecular weight is 333 g/mol. The summed E-state index contributed by atoms with van der Waals surface area (Å²) in [6.07, 6.45) is 1.14. The summed E-state index contributed by atoms with van der Waals surface area (Å²) in [5, 5.41) is 9.06. The first-order valence-corrected chi connectivity index (χ1v) is 8.90. The number of aromatic carboxylic acids is 1. The Kier molecular flexibility index (Phi) is 4.75. The Hall–Kier alpha value is -2.34. The molecular formula is C17H19NO4S. The molecule has 6 heteroatoms. The summed E-state index contributed by atoms with van der Waals surface area (Å²) in [6.45, 7) is 3.97. The van der Waals surface area contributed by atoms with Gasteiger partial charge in [0.25, 0.3) is 0 Å². The molecule has 0 aliphatic rings. The molecule has 0 bridgehead atoms. The molecule has 0 fully saturated rings. The summed E-state index contributed by atoms with van der Waals surface area (Å²) >= 11 is 0. The summed E-state index contributed by atoms with van der Waals surface area (Å²) < 4.78 is 25.6. The van der Waals surface area contributed by atoms with E-state index in [0.29, 0.717) is 11.3 Å². The smallest absolute Gasteiger partial charge is 0.335 e. The van der Waals surface area contributed by atoms with Crippen molar-refractivity contribution >= 4 is 21.7 Å². The van der Waals surface area contributed by atoms with Crippen molar-refractivity contribution in [3.8, 4) is 0 Å². The van der Waals surface area contributed by atoms with E-state index in [1.807, 2.05) is 26.0 Å². The largest absolute Gasteiger partial charge is 0.478 e.